The number of rotatable bonds is 1. The first-order valence-corrected chi connectivity index (χ1v) is 6.05. The third-order valence-corrected chi connectivity index (χ3v) is 3.41. The Morgan fingerprint density at radius 3 is 2.64 bits per heavy atom. The van der Waals surface area contributed by atoms with E-state index in [2.05, 4.69) is 0 Å². The average Bonchev–Trinajstić information content (AvgIpc) is 2.15. The molecule has 0 saturated heterocycles. The Bertz CT molecular complexity index is 431. The van der Waals surface area contributed by atoms with Gasteiger partial charge in [0.1, 0.15) is 0 Å². The summed E-state index contributed by atoms with van der Waals surface area (Å²) in [4.78, 5) is 18.3. The Kier molecular flexibility index (Phi) is 2.31. The van der Waals surface area contributed by atoms with Gasteiger partial charge in [-0.15, -0.1) is 0 Å². The number of hydrogen-bond donors (Lipinski definition) is 2. The highest BCUT2D eigenvalue weighted by molar-refractivity contribution is 7.63. The molecule has 0 spiro atoms. The Morgan fingerprint density at radius 2 is 1.93 bits per heavy atom. The van der Waals surface area contributed by atoms with Crippen LogP contribution in [0.15, 0.2) is 30.3 Å². The van der Waals surface area contributed by atoms with E-state index in [1.54, 1.807) is 18.2 Å². The van der Waals surface area contributed by atoms with Crippen molar-refractivity contribution >= 4 is 12.9 Å². The van der Waals surface area contributed by atoms with Crippen molar-refractivity contribution in [3.05, 3.63) is 41.5 Å². The number of aryl methyl sites for hydroxylation is 1. The van der Waals surface area contributed by atoms with E-state index in [9.17, 15) is 4.57 Å². The molecule has 0 bridgehead atoms. The fourth-order valence-electron chi connectivity index (χ4n) is 1.74. The van der Waals surface area contributed by atoms with Gasteiger partial charge in [0.05, 0.1) is 5.31 Å². The molecule has 3 nitrogen and oxygen atoms in total. The summed E-state index contributed by atoms with van der Waals surface area (Å²) in [5.74, 6) is 0. The molecule has 74 valence electrons. The normalized spacial score (nSPS) is 16.0. The maximum Gasteiger partial charge on any atom is 0.356 e. The van der Waals surface area contributed by atoms with Crippen LogP contribution >= 0.6 is 7.60 Å². The van der Waals surface area contributed by atoms with Gasteiger partial charge >= 0.3 is 7.60 Å². The van der Waals surface area contributed by atoms with Crippen molar-refractivity contribution in [1.29, 1.82) is 0 Å². The van der Waals surface area contributed by atoms with Gasteiger partial charge in [-0.2, -0.15) is 0 Å². The average molecular weight is 210 g/mol. The second kappa shape index (κ2) is 3.35. The lowest BCUT2D eigenvalue weighted by atomic mass is 9.97. The van der Waals surface area contributed by atoms with E-state index in [1.165, 1.54) is 0 Å². The van der Waals surface area contributed by atoms with E-state index in [-0.39, 0.29) is 5.31 Å². The van der Waals surface area contributed by atoms with Gasteiger partial charge in [-0.25, -0.2) is 0 Å². The summed E-state index contributed by atoms with van der Waals surface area (Å²) < 4.78 is 11.2. The van der Waals surface area contributed by atoms with Crippen LogP contribution in [0.25, 0.3) is 5.31 Å². The van der Waals surface area contributed by atoms with Gasteiger partial charge < -0.3 is 9.79 Å². The second-order valence-corrected chi connectivity index (χ2v) is 4.90. The van der Waals surface area contributed by atoms with Crippen LogP contribution in [0, 0.1) is 0 Å². The van der Waals surface area contributed by atoms with Crippen molar-refractivity contribution in [1.82, 2.24) is 0 Å². The lowest BCUT2D eigenvalue weighted by Gasteiger charge is -2.17. The van der Waals surface area contributed by atoms with Gasteiger partial charge in [-0.1, -0.05) is 30.3 Å². The Hall–Kier alpha value is -0.890. The molecule has 1 aliphatic carbocycles. The largest absolute Gasteiger partial charge is 0.356 e. The molecule has 14 heavy (non-hydrogen) atoms. The maximum atomic E-state index is 11.2. The maximum absolute atomic E-state index is 11.2. The van der Waals surface area contributed by atoms with E-state index >= 15 is 0 Å². The van der Waals surface area contributed by atoms with Crippen molar-refractivity contribution in [2.45, 2.75) is 12.8 Å². The smallest absolute Gasteiger partial charge is 0.321 e. The molecule has 0 saturated carbocycles. The SMILES string of the molecule is O=P(O)(O)C1=CCCc2ccccc21. The summed E-state index contributed by atoms with van der Waals surface area (Å²) in [5, 5.41) is 0.180. The first-order chi connectivity index (χ1) is 6.59. The molecule has 0 radical (unpaired) electrons. The lowest BCUT2D eigenvalue weighted by Crippen LogP contribution is -1.99. The molecule has 0 atom stereocenters. The van der Waals surface area contributed by atoms with Crippen LogP contribution in [-0.4, -0.2) is 9.79 Å². The van der Waals surface area contributed by atoms with Gasteiger partial charge in [-0.3, -0.25) is 4.57 Å². The zero-order valence-corrected chi connectivity index (χ0v) is 8.45. The lowest BCUT2D eigenvalue weighted by molar-refractivity contribution is 0.388. The third-order valence-electron chi connectivity index (χ3n) is 2.36. The van der Waals surface area contributed by atoms with Crippen LogP contribution in [0.3, 0.4) is 0 Å². The van der Waals surface area contributed by atoms with Gasteiger partial charge in [0.15, 0.2) is 0 Å². The predicted octanol–water partition coefficient (Wildman–Crippen LogP) is 2.15. The fourth-order valence-corrected chi connectivity index (χ4v) is 2.64. The fraction of sp³-hybridized carbons (Fsp3) is 0.200. The standard InChI is InChI=1S/C10H11O3P/c11-14(12,13)10-7-3-5-8-4-1-2-6-9(8)10/h1-2,4,6-7H,3,5H2,(H2,11,12,13). The van der Waals surface area contributed by atoms with Crippen LogP contribution in [0.1, 0.15) is 17.5 Å². The van der Waals surface area contributed by atoms with Crippen molar-refractivity contribution in [2.24, 2.45) is 0 Å². The molecule has 0 aliphatic heterocycles. The molecular formula is C10H11O3P. The monoisotopic (exact) mass is 210 g/mol. The minimum absolute atomic E-state index is 0.180. The van der Waals surface area contributed by atoms with E-state index in [0.717, 1.165) is 12.0 Å². The van der Waals surface area contributed by atoms with Crippen LogP contribution < -0.4 is 0 Å². The van der Waals surface area contributed by atoms with Crippen molar-refractivity contribution < 1.29 is 14.4 Å². The number of hydrogen-bond acceptors (Lipinski definition) is 1. The first kappa shape index (κ1) is 9.66. The van der Waals surface area contributed by atoms with E-state index < -0.39 is 7.60 Å². The zero-order valence-electron chi connectivity index (χ0n) is 7.55. The highest BCUT2D eigenvalue weighted by Gasteiger charge is 2.25. The van der Waals surface area contributed by atoms with Crippen LogP contribution in [-0.2, 0) is 11.0 Å². The Morgan fingerprint density at radius 1 is 1.21 bits per heavy atom. The van der Waals surface area contributed by atoms with E-state index in [0.29, 0.717) is 12.0 Å². The second-order valence-electron chi connectivity index (χ2n) is 3.33. The Balaban J connectivity index is 2.56. The topological polar surface area (TPSA) is 57.5 Å². The molecule has 2 N–H and O–H groups in total. The quantitative estimate of drug-likeness (QED) is 0.698. The summed E-state index contributed by atoms with van der Waals surface area (Å²) in [6, 6.07) is 7.37. The molecule has 2 rings (SSSR count). The molecular weight excluding hydrogens is 199 g/mol. The highest BCUT2D eigenvalue weighted by atomic mass is 31.2. The molecule has 1 aliphatic rings. The predicted molar refractivity (Wildman–Crippen MR) is 54.8 cm³/mol. The molecule has 4 heteroatoms. The highest BCUT2D eigenvalue weighted by Crippen LogP contribution is 2.53. The van der Waals surface area contributed by atoms with Gasteiger partial charge in [-0.05, 0) is 24.0 Å². The van der Waals surface area contributed by atoms with Gasteiger partial charge in [0.2, 0.25) is 0 Å². The molecule has 0 aromatic heterocycles. The minimum atomic E-state index is -4.11. The summed E-state index contributed by atoms with van der Waals surface area (Å²) in [6.07, 6.45) is 3.21. The summed E-state index contributed by atoms with van der Waals surface area (Å²) in [5.41, 5.74) is 1.72. The molecule has 0 amide bonds. The summed E-state index contributed by atoms with van der Waals surface area (Å²) in [7, 11) is -4.11. The van der Waals surface area contributed by atoms with Gasteiger partial charge in [0, 0.05) is 0 Å². The molecule has 0 fully saturated rings. The van der Waals surface area contributed by atoms with E-state index in [4.69, 9.17) is 9.79 Å². The molecule has 0 heterocycles. The summed E-state index contributed by atoms with van der Waals surface area (Å²) in [6.45, 7) is 0. The van der Waals surface area contributed by atoms with Crippen molar-refractivity contribution in [3.63, 3.8) is 0 Å². The van der Waals surface area contributed by atoms with E-state index in [1.807, 2.05) is 12.1 Å². The van der Waals surface area contributed by atoms with Gasteiger partial charge in [0.25, 0.3) is 0 Å². The third kappa shape index (κ3) is 1.67. The van der Waals surface area contributed by atoms with Crippen LogP contribution in [0.5, 0.6) is 0 Å². The minimum Gasteiger partial charge on any atom is -0.321 e. The van der Waals surface area contributed by atoms with Crippen LogP contribution in [0.2, 0.25) is 0 Å². The zero-order chi connectivity index (χ0) is 10.2. The van der Waals surface area contributed by atoms with Crippen molar-refractivity contribution in [3.8, 4) is 0 Å². The number of benzene rings is 1. The first-order valence-electron chi connectivity index (χ1n) is 4.43. The summed E-state index contributed by atoms with van der Waals surface area (Å²) >= 11 is 0. The molecule has 1 aromatic carbocycles. The Labute approximate surface area is 82.2 Å². The van der Waals surface area contributed by atoms with Crippen molar-refractivity contribution in [2.75, 3.05) is 0 Å². The molecule has 0 unspecified atom stereocenters. The van der Waals surface area contributed by atoms with Crippen LogP contribution in [0.4, 0.5) is 0 Å². The molecule has 1 aromatic rings. The number of fused-ring (bicyclic) bond motifs is 1. The number of allylic oxidation sites excluding steroid dienone is 1.